The van der Waals surface area contributed by atoms with E-state index in [0.29, 0.717) is 19.0 Å². The summed E-state index contributed by atoms with van der Waals surface area (Å²) in [6.45, 7) is 4.52. The van der Waals surface area contributed by atoms with Crippen LogP contribution in [0.3, 0.4) is 0 Å². The minimum Gasteiger partial charge on any atom is -0.468 e. The quantitative estimate of drug-likeness (QED) is 0.833. The fraction of sp³-hybridized carbons (Fsp3) is 0.583. The van der Waals surface area contributed by atoms with E-state index in [1.807, 2.05) is 13.8 Å². The summed E-state index contributed by atoms with van der Waals surface area (Å²) in [6, 6.07) is 0.562. The summed E-state index contributed by atoms with van der Waals surface area (Å²) < 4.78 is 5.20. The number of anilines is 2. The molecule has 1 aromatic heterocycles. The highest BCUT2D eigenvalue weighted by Crippen LogP contribution is 2.32. The summed E-state index contributed by atoms with van der Waals surface area (Å²) in [6.07, 6.45) is 6.25. The third kappa shape index (κ3) is 2.21. The van der Waals surface area contributed by atoms with Gasteiger partial charge in [0, 0.05) is 19.0 Å². The molecule has 4 heteroatoms. The van der Waals surface area contributed by atoms with E-state index in [4.69, 9.17) is 4.42 Å². The standard InChI is InChI=1S/C12H18N2O2/c1-3-12(15)14(4-2)11-8-16-7-10(11)13-9-5-6-9/h7-9,13H,3-6H2,1-2H3. The molecule has 4 nitrogen and oxygen atoms in total. The van der Waals surface area contributed by atoms with Crippen molar-refractivity contribution >= 4 is 17.3 Å². The maximum Gasteiger partial charge on any atom is 0.226 e. The van der Waals surface area contributed by atoms with Crippen molar-refractivity contribution in [3.05, 3.63) is 12.5 Å². The molecule has 16 heavy (non-hydrogen) atoms. The first-order valence-corrected chi connectivity index (χ1v) is 5.89. The van der Waals surface area contributed by atoms with E-state index in [9.17, 15) is 4.79 Å². The Morgan fingerprint density at radius 2 is 2.25 bits per heavy atom. The number of nitrogens with zero attached hydrogens (tertiary/aromatic N) is 1. The molecule has 1 amide bonds. The average molecular weight is 222 g/mol. The molecule has 0 saturated heterocycles. The van der Waals surface area contributed by atoms with Crippen LogP contribution in [0.5, 0.6) is 0 Å². The number of furan rings is 1. The second kappa shape index (κ2) is 4.60. The van der Waals surface area contributed by atoms with Crippen molar-refractivity contribution < 1.29 is 9.21 Å². The Hall–Kier alpha value is -1.45. The predicted molar refractivity (Wildman–Crippen MR) is 63.7 cm³/mol. The molecule has 0 atom stereocenters. The average Bonchev–Trinajstić information content (AvgIpc) is 2.99. The molecule has 1 aliphatic rings. The zero-order chi connectivity index (χ0) is 11.5. The highest BCUT2D eigenvalue weighted by atomic mass is 16.3. The fourth-order valence-electron chi connectivity index (χ4n) is 1.73. The molecule has 0 aliphatic heterocycles. The lowest BCUT2D eigenvalue weighted by molar-refractivity contribution is -0.118. The van der Waals surface area contributed by atoms with Gasteiger partial charge in [0.15, 0.2) is 0 Å². The molecular formula is C12H18N2O2. The molecule has 0 bridgehead atoms. The van der Waals surface area contributed by atoms with E-state index >= 15 is 0 Å². The van der Waals surface area contributed by atoms with Crippen molar-refractivity contribution in [2.24, 2.45) is 0 Å². The van der Waals surface area contributed by atoms with Crippen LogP contribution >= 0.6 is 0 Å². The Balaban J connectivity index is 2.16. The molecule has 1 fully saturated rings. The summed E-state index contributed by atoms with van der Waals surface area (Å²) in [5, 5.41) is 3.37. The first-order chi connectivity index (χ1) is 7.76. The number of amides is 1. The van der Waals surface area contributed by atoms with Gasteiger partial charge in [-0.05, 0) is 19.8 Å². The fourth-order valence-corrected chi connectivity index (χ4v) is 1.73. The van der Waals surface area contributed by atoms with Gasteiger partial charge in [0.1, 0.15) is 18.2 Å². The van der Waals surface area contributed by atoms with Gasteiger partial charge >= 0.3 is 0 Å². The first kappa shape index (κ1) is 11.0. The second-order valence-corrected chi connectivity index (χ2v) is 4.08. The Bertz CT molecular complexity index is 369. The smallest absolute Gasteiger partial charge is 0.226 e. The summed E-state index contributed by atoms with van der Waals surface area (Å²) in [7, 11) is 0. The molecule has 2 rings (SSSR count). The first-order valence-electron chi connectivity index (χ1n) is 5.89. The molecule has 0 spiro atoms. The molecule has 1 N–H and O–H groups in total. The van der Waals surface area contributed by atoms with Crippen LogP contribution in [0.2, 0.25) is 0 Å². The van der Waals surface area contributed by atoms with E-state index in [1.54, 1.807) is 17.4 Å². The van der Waals surface area contributed by atoms with E-state index in [0.717, 1.165) is 11.4 Å². The highest BCUT2D eigenvalue weighted by molar-refractivity contribution is 5.96. The van der Waals surface area contributed by atoms with Crippen LogP contribution in [0.15, 0.2) is 16.9 Å². The molecular weight excluding hydrogens is 204 g/mol. The van der Waals surface area contributed by atoms with Gasteiger partial charge in [0.2, 0.25) is 5.91 Å². The molecule has 88 valence electrons. The van der Waals surface area contributed by atoms with Crippen LogP contribution in [-0.2, 0) is 4.79 Å². The van der Waals surface area contributed by atoms with Crippen molar-refractivity contribution in [1.82, 2.24) is 0 Å². The van der Waals surface area contributed by atoms with Crippen LogP contribution < -0.4 is 10.2 Å². The molecule has 1 heterocycles. The van der Waals surface area contributed by atoms with Gasteiger partial charge in [-0.1, -0.05) is 6.92 Å². The van der Waals surface area contributed by atoms with E-state index in [1.165, 1.54) is 12.8 Å². The normalized spacial score (nSPS) is 14.9. The van der Waals surface area contributed by atoms with E-state index in [-0.39, 0.29) is 5.91 Å². The number of carbonyl (C=O) groups excluding carboxylic acids is 1. The summed E-state index contributed by atoms with van der Waals surface area (Å²) >= 11 is 0. The van der Waals surface area contributed by atoms with Crippen LogP contribution in [0, 0.1) is 0 Å². The molecule has 0 unspecified atom stereocenters. The van der Waals surface area contributed by atoms with Crippen LogP contribution in [0.25, 0.3) is 0 Å². The zero-order valence-corrected chi connectivity index (χ0v) is 9.82. The Morgan fingerprint density at radius 1 is 1.50 bits per heavy atom. The van der Waals surface area contributed by atoms with Crippen LogP contribution in [-0.4, -0.2) is 18.5 Å². The minimum atomic E-state index is 0.128. The Kier molecular flexibility index (Phi) is 3.17. The van der Waals surface area contributed by atoms with Crippen molar-refractivity contribution in [3.63, 3.8) is 0 Å². The summed E-state index contributed by atoms with van der Waals surface area (Å²) in [5.41, 5.74) is 1.80. The van der Waals surface area contributed by atoms with Crippen molar-refractivity contribution in [1.29, 1.82) is 0 Å². The zero-order valence-electron chi connectivity index (χ0n) is 9.82. The number of nitrogens with one attached hydrogen (secondary N) is 1. The minimum absolute atomic E-state index is 0.128. The van der Waals surface area contributed by atoms with Gasteiger partial charge < -0.3 is 14.6 Å². The van der Waals surface area contributed by atoms with Crippen molar-refractivity contribution in [3.8, 4) is 0 Å². The Labute approximate surface area is 95.6 Å². The number of rotatable bonds is 5. The van der Waals surface area contributed by atoms with Crippen LogP contribution in [0.4, 0.5) is 11.4 Å². The lowest BCUT2D eigenvalue weighted by atomic mass is 10.3. The Morgan fingerprint density at radius 3 is 2.81 bits per heavy atom. The van der Waals surface area contributed by atoms with Crippen molar-refractivity contribution in [2.45, 2.75) is 39.2 Å². The predicted octanol–water partition coefficient (Wildman–Crippen LogP) is 2.62. The van der Waals surface area contributed by atoms with E-state index in [2.05, 4.69) is 5.32 Å². The van der Waals surface area contributed by atoms with Gasteiger partial charge in [-0.3, -0.25) is 4.79 Å². The monoisotopic (exact) mass is 222 g/mol. The number of hydrogen-bond donors (Lipinski definition) is 1. The lowest BCUT2D eigenvalue weighted by Gasteiger charge is -2.20. The molecule has 0 aromatic carbocycles. The molecule has 1 aliphatic carbocycles. The lowest BCUT2D eigenvalue weighted by Crippen LogP contribution is -2.30. The van der Waals surface area contributed by atoms with Gasteiger partial charge in [0.25, 0.3) is 0 Å². The summed E-state index contributed by atoms with van der Waals surface area (Å²) in [4.78, 5) is 13.5. The SMILES string of the molecule is CCC(=O)N(CC)c1cocc1NC1CC1. The van der Waals surface area contributed by atoms with E-state index < -0.39 is 0 Å². The number of carbonyl (C=O) groups is 1. The van der Waals surface area contributed by atoms with Crippen molar-refractivity contribution in [2.75, 3.05) is 16.8 Å². The second-order valence-electron chi connectivity index (χ2n) is 4.08. The maximum atomic E-state index is 11.8. The molecule has 0 radical (unpaired) electrons. The molecule has 1 aromatic rings. The maximum absolute atomic E-state index is 11.8. The number of hydrogen-bond acceptors (Lipinski definition) is 3. The topological polar surface area (TPSA) is 45.5 Å². The van der Waals surface area contributed by atoms with Crippen LogP contribution in [0.1, 0.15) is 33.1 Å². The third-order valence-electron chi connectivity index (χ3n) is 2.79. The molecule has 1 saturated carbocycles. The van der Waals surface area contributed by atoms with Gasteiger partial charge in [-0.2, -0.15) is 0 Å². The largest absolute Gasteiger partial charge is 0.468 e. The third-order valence-corrected chi connectivity index (χ3v) is 2.79. The van der Waals surface area contributed by atoms with Gasteiger partial charge in [0.05, 0.1) is 5.69 Å². The summed E-state index contributed by atoms with van der Waals surface area (Å²) in [5.74, 6) is 0.128. The van der Waals surface area contributed by atoms with Gasteiger partial charge in [-0.15, -0.1) is 0 Å². The van der Waals surface area contributed by atoms with Gasteiger partial charge in [-0.25, -0.2) is 0 Å². The highest BCUT2D eigenvalue weighted by Gasteiger charge is 2.25.